The fourth-order valence-electron chi connectivity index (χ4n) is 1.85. The van der Waals surface area contributed by atoms with E-state index in [9.17, 15) is 9.59 Å². The van der Waals surface area contributed by atoms with Crippen molar-refractivity contribution < 1.29 is 9.59 Å². The summed E-state index contributed by atoms with van der Waals surface area (Å²) in [4.78, 5) is 23.9. The van der Waals surface area contributed by atoms with Crippen molar-refractivity contribution in [2.45, 2.75) is 0 Å². The number of benzene rings is 2. The van der Waals surface area contributed by atoms with Crippen molar-refractivity contribution in [2.24, 2.45) is 0 Å². The second kappa shape index (κ2) is 4.00. The van der Waals surface area contributed by atoms with Gasteiger partial charge in [0.15, 0.2) is 0 Å². The van der Waals surface area contributed by atoms with Crippen LogP contribution in [0.3, 0.4) is 0 Å². The Bertz CT molecular complexity index is 580. The number of fused-ring (bicyclic) bond motifs is 4. The van der Waals surface area contributed by atoms with Crippen molar-refractivity contribution in [3.8, 4) is 0 Å². The smallest absolute Gasteiger partial charge is 0.255 e. The molecule has 88 valence electrons. The predicted octanol–water partition coefficient (Wildman–Crippen LogP) is 2.50. The van der Waals surface area contributed by atoms with E-state index in [4.69, 9.17) is 0 Å². The number of anilines is 2. The molecule has 4 rings (SSSR count). The number of hydrogen-bond acceptors (Lipinski definition) is 2. The molecular formula is C14H10N2O2. The van der Waals surface area contributed by atoms with E-state index in [1.54, 1.807) is 48.5 Å². The molecule has 2 amide bonds. The van der Waals surface area contributed by atoms with Gasteiger partial charge in [-0.1, -0.05) is 6.07 Å². The van der Waals surface area contributed by atoms with Gasteiger partial charge in [-0.3, -0.25) is 9.59 Å². The van der Waals surface area contributed by atoms with Crippen LogP contribution in [0.2, 0.25) is 0 Å². The monoisotopic (exact) mass is 238 g/mol. The van der Waals surface area contributed by atoms with Crippen molar-refractivity contribution in [1.29, 1.82) is 0 Å². The molecule has 2 aliphatic rings. The quantitative estimate of drug-likeness (QED) is 0.740. The van der Waals surface area contributed by atoms with Crippen molar-refractivity contribution in [2.75, 3.05) is 10.6 Å². The van der Waals surface area contributed by atoms with Crippen LogP contribution in [0, 0.1) is 0 Å². The van der Waals surface area contributed by atoms with Crippen LogP contribution in [-0.2, 0) is 0 Å². The molecule has 0 saturated heterocycles. The maximum Gasteiger partial charge on any atom is 0.255 e. The molecule has 0 aromatic heterocycles. The summed E-state index contributed by atoms with van der Waals surface area (Å²) < 4.78 is 0. The molecule has 2 N–H and O–H groups in total. The van der Waals surface area contributed by atoms with Gasteiger partial charge in [-0.05, 0) is 42.5 Å². The van der Waals surface area contributed by atoms with Gasteiger partial charge in [0.1, 0.15) is 0 Å². The molecule has 0 aliphatic carbocycles. The Morgan fingerprint density at radius 2 is 1.11 bits per heavy atom. The van der Waals surface area contributed by atoms with Gasteiger partial charge >= 0.3 is 0 Å². The van der Waals surface area contributed by atoms with E-state index >= 15 is 0 Å². The lowest BCUT2D eigenvalue weighted by atomic mass is 10.1. The molecular weight excluding hydrogens is 228 g/mol. The summed E-state index contributed by atoms with van der Waals surface area (Å²) in [5.74, 6) is -0.446. The van der Waals surface area contributed by atoms with Crippen LogP contribution in [0.15, 0.2) is 48.5 Å². The first kappa shape index (κ1) is 10.5. The Hall–Kier alpha value is -2.62. The van der Waals surface area contributed by atoms with E-state index in [1.807, 2.05) is 0 Å². The number of carbonyl (C=O) groups is 2. The Kier molecular flexibility index (Phi) is 2.34. The molecule has 4 nitrogen and oxygen atoms in total. The summed E-state index contributed by atoms with van der Waals surface area (Å²) in [5, 5.41) is 5.55. The average molecular weight is 238 g/mol. The van der Waals surface area contributed by atoms with Gasteiger partial charge in [0.2, 0.25) is 0 Å². The number of hydrogen-bond donors (Lipinski definition) is 2. The molecule has 0 unspecified atom stereocenters. The minimum atomic E-state index is -0.223. The fraction of sp³-hybridized carbons (Fsp3) is 0. The zero-order chi connectivity index (χ0) is 12.5. The maximum atomic E-state index is 12.0. The molecule has 0 radical (unpaired) electrons. The summed E-state index contributed by atoms with van der Waals surface area (Å²) >= 11 is 0. The fourth-order valence-corrected chi connectivity index (χ4v) is 1.85. The third-order valence-corrected chi connectivity index (χ3v) is 2.79. The molecule has 4 heteroatoms. The standard InChI is InChI=1S/C14H10N2O2/c17-13-9-2-1-3-10(8-9)14(18)16-12-6-4-11(15-13)5-7-12/h1-8H,(H,15,17)(H,16,18). The lowest BCUT2D eigenvalue weighted by molar-refractivity contribution is 0.102. The van der Waals surface area contributed by atoms with Crippen molar-refractivity contribution in [1.82, 2.24) is 0 Å². The van der Waals surface area contributed by atoms with Crippen LogP contribution in [0.5, 0.6) is 0 Å². The predicted molar refractivity (Wildman–Crippen MR) is 68.8 cm³/mol. The topological polar surface area (TPSA) is 58.2 Å². The van der Waals surface area contributed by atoms with Crippen LogP contribution in [0.4, 0.5) is 11.4 Å². The highest BCUT2D eigenvalue weighted by atomic mass is 16.2. The minimum Gasteiger partial charge on any atom is -0.322 e. The lowest BCUT2D eigenvalue weighted by Crippen LogP contribution is -2.13. The SMILES string of the molecule is O=C1Nc2ccc(cc2)NC(=O)c2cccc1c2. The molecule has 2 heterocycles. The van der Waals surface area contributed by atoms with Gasteiger partial charge in [-0.25, -0.2) is 0 Å². The van der Waals surface area contributed by atoms with Gasteiger partial charge in [0.25, 0.3) is 11.8 Å². The third-order valence-electron chi connectivity index (χ3n) is 2.79. The van der Waals surface area contributed by atoms with Gasteiger partial charge in [-0.15, -0.1) is 0 Å². The van der Waals surface area contributed by atoms with Crippen LogP contribution >= 0.6 is 0 Å². The van der Waals surface area contributed by atoms with Crippen LogP contribution < -0.4 is 10.6 Å². The average Bonchev–Trinajstić information content (AvgIpc) is 2.42. The van der Waals surface area contributed by atoms with E-state index in [-0.39, 0.29) is 11.8 Å². The molecule has 0 fully saturated rings. The first-order valence-corrected chi connectivity index (χ1v) is 5.55. The molecule has 4 bridgehead atoms. The Morgan fingerprint density at radius 3 is 1.56 bits per heavy atom. The second-order valence-corrected chi connectivity index (χ2v) is 4.07. The van der Waals surface area contributed by atoms with Gasteiger partial charge in [0.05, 0.1) is 0 Å². The number of carbonyl (C=O) groups excluding carboxylic acids is 2. The number of amides is 2. The number of nitrogens with one attached hydrogen (secondary N) is 2. The molecule has 0 atom stereocenters. The normalized spacial score (nSPS) is 13.6. The molecule has 2 aromatic rings. The molecule has 18 heavy (non-hydrogen) atoms. The zero-order valence-corrected chi connectivity index (χ0v) is 9.44. The van der Waals surface area contributed by atoms with Crippen LogP contribution in [-0.4, -0.2) is 11.8 Å². The largest absolute Gasteiger partial charge is 0.322 e. The first-order valence-electron chi connectivity index (χ1n) is 5.55. The Balaban J connectivity index is 2.15. The van der Waals surface area contributed by atoms with E-state index in [0.29, 0.717) is 22.5 Å². The van der Waals surface area contributed by atoms with Crippen LogP contribution in [0.25, 0.3) is 0 Å². The maximum absolute atomic E-state index is 12.0. The summed E-state index contributed by atoms with van der Waals surface area (Å²) in [6, 6.07) is 13.6. The van der Waals surface area contributed by atoms with E-state index in [1.165, 1.54) is 0 Å². The third kappa shape index (κ3) is 1.84. The summed E-state index contributed by atoms with van der Waals surface area (Å²) in [5.41, 5.74) is 2.33. The van der Waals surface area contributed by atoms with Crippen molar-refractivity contribution in [3.63, 3.8) is 0 Å². The molecule has 0 saturated carbocycles. The molecule has 2 aliphatic heterocycles. The highest BCUT2D eigenvalue weighted by molar-refractivity contribution is 6.09. The highest BCUT2D eigenvalue weighted by Crippen LogP contribution is 2.18. The van der Waals surface area contributed by atoms with Gasteiger partial charge < -0.3 is 10.6 Å². The van der Waals surface area contributed by atoms with E-state index < -0.39 is 0 Å². The minimum absolute atomic E-state index is 0.223. The van der Waals surface area contributed by atoms with E-state index in [0.717, 1.165) is 0 Å². The summed E-state index contributed by atoms with van der Waals surface area (Å²) in [7, 11) is 0. The first-order chi connectivity index (χ1) is 8.72. The van der Waals surface area contributed by atoms with Crippen LogP contribution in [0.1, 0.15) is 20.7 Å². The Labute approximate surface area is 104 Å². The van der Waals surface area contributed by atoms with Gasteiger partial charge in [-0.2, -0.15) is 0 Å². The zero-order valence-electron chi connectivity index (χ0n) is 9.44. The van der Waals surface area contributed by atoms with Crippen molar-refractivity contribution >= 4 is 23.2 Å². The van der Waals surface area contributed by atoms with Gasteiger partial charge in [0, 0.05) is 22.5 Å². The number of rotatable bonds is 0. The summed E-state index contributed by atoms with van der Waals surface area (Å²) in [6.45, 7) is 0. The highest BCUT2D eigenvalue weighted by Gasteiger charge is 2.12. The van der Waals surface area contributed by atoms with Crippen molar-refractivity contribution in [3.05, 3.63) is 59.7 Å². The van der Waals surface area contributed by atoms with E-state index in [2.05, 4.69) is 10.6 Å². The Morgan fingerprint density at radius 1 is 0.667 bits per heavy atom. The molecule has 0 spiro atoms. The second-order valence-electron chi connectivity index (χ2n) is 4.07. The summed E-state index contributed by atoms with van der Waals surface area (Å²) in [6.07, 6.45) is 0. The molecule has 2 aromatic carbocycles. The lowest BCUT2D eigenvalue weighted by Gasteiger charge is -2.04.